The zero-order valence-electron chi connectivity index (χ0n) is 21.1. The zero-order valence-corrected chi connectivity index (χ0v) is 22.8. The second-order valence-electron chi connectivity index (χ2n) is 8.51. The van der Waals surface area contributed by atoms with Crippen molar-refractivity contribution in [3.8, 4) is 5.75 Å². The van der Waals surface area contributed by atoms with Gasteiger partial charge in [0.15, 0.2) is 5.13 Å². The van der Waals surface area contributed by atoms with E-state index in [0.717, 1.165) is 28.6 Å². The van der Waals surface area contributed by atoms with Crippen LogP contribution in [0.5, 0.6) is 5.75 Å². The molecular weight excluding hydrogens is 508 g/mol. The van der Waals surface area contributed by atoms with Crippen LogP contribution in [0.3, 0.4) is 0 Å². The van der Waals surface area contributed by atoms with E-state index in [1.807, 2.05) is 44.2 Å². The van der Waals surface area contributed by atoms with Crippen LogP contribution in [0.15, 0.2) is 71.9 Å². The number of hydrogen-bond donors (Lipinski definition) is 0. The minimum atomic E-state index is -3.63. The summed E-state index contributed by atoms with van der Waals surface area (Å²) in [6.45, 7) is 5.09. The molecule has 0 aliphatic carbocycles. The molecule has 37 heavy (non-hydrogen) atoms. The van der Waals surface area contributed by atoms with Gasteiger partial charge in [0, 0.05) is 31.0 Å². The van der Waals surface area contributed by atoms with Crippen LogP contribution in [-0.4, -0.2) is 48.8 Å². The highest BCUT2D eigenvalue weighted by Gasteiger charge is 2.25. The number of fused-ring (bicyclic) bond motifs is 1. The maximum atomic E-state index is 13.7. The number of methoxy groups -OCH3 is 1. The molecule has 0 bridgehead atoms. The summed E-state index contributed by atoms with van der Waals surface area (Å²) in [5, 5.41) is 0.533. The quantitative estimate of drug-likeness (QED) is 0.255. The van der Waals surface area contributed by atoms with Gasteiger partial charge in [-0.05, 0) is 66.9 Å². The lowest BCUT2D eigenvalue weighted by molar-refractivity contribution is 0.0985. The van der Waals surface area contributed by atoms with E-state index in [1.165, 1.54) is 27.8 Å². The summed E-state index contributed by atoms with van der Waals surface area (Å²) < 4.78 is 34.0. The third-order valence-corrected chi connectivity index (χ3v) is 8.76. The Morgan fingerprint density at radius 2 is 1.76 bits per heavy atom. The van der Waals surface area contributed by atoms with Gasteiger partial charge < -0.3 is 4.74 Å². The van der Waals surface area contributed by atoms with Crippen molar-refractivity contribution in [2.24, 2.45) is 0 Å². The van der Waals surface area contributed by atoms with Gasteiger partial charge in [-0.3, -0.25) is 14.7 Å². The van der Waals surface area contributed by atoms with Crippen LogP contribution in [-0.2, 0) is 16.6 Å². The number of ether oxygens (including phenoxy) is 1. The normalized spacial score (nSPS) is 11.7. The molecule has 8 nitrogen and oxygen atoms in total. The van der Waals surface area contributed by atoms with Crippen molar-refractivity contribution in [3.63, 3.8) is 0 Å². The Morgan fingerprint density at radius 3 is 2.38 bits per heavy atom. The maximum absolute atomic E-state index is 13.7. The van der Waals surface area contributed by atoms with Crippen LogP contribution in [0.2, 0.25) is 0 Å². The van der Waals surface area contributed by atoms with Crippen molar-refractivity contribution in [2.75, 3.05) is 25.1 Å². The smallest absolute Gasteiger partial charge is 0.260 e. The minimum Gasteiger partial charge on any atom is -0.497 e. The second-order valence-corrected chi connectivity index (χ2v) is 11.5. The Labute approximate surface area is 221 Å². The van der Waals surface area contributed by atoms with Crippen LogP contribution in [0.4, 0.5) is 5.13 Å². The molecule has 194 valence electrons. The molecule has 2 heterocycles. The average Bonchev–Trinajstić information content (AvgIpc) is 3.35. The van der Waals surface area contributed by atoms with Gasteiger partial charge in [0.2, 0.25) is 10.0 Å². The van der Waals surface area contributed by atoms with E-state index in [1.54, 1.807) is 36.5 Å². The summed E-state index contributed by atoms with van der Waals surface area (Å²) in [5.41, 5.74) is 1.98. The van der Waals surface area contributed by atoms with Crippen molar-refractivity contribution < 1.29 is 17.9 Å². The topological polar surface area (TPSA) is 92.7 Å². The predicted octanol–water partition coefficient (Wildman–Crippen LogP) is 5.36. The SMILES string of the molecule is CCCN(CCC)S(=O)(=O)c1ccc(C(=O)N(Cc2cccnc2)c2nc3ccc(OC)cc3s2)cc1. The molecule has 4 aromatic rings. The Hall–Kier alpha value is -3.34. The van der Waals surface area contributed by atoms with E-state index in [9.17, 15) is 13.2 Å². The summed E-state index contributed by atoms with van der Waals surface area (Å²) >= 11 is 1.39. The van der Waals surface area contributed by atoms with Crippen molar-refractivity contribution in [1.82, 2.24) is 14.3 Å². The first-order valence-electron chi connectivity index (χ1n) is 12.1. The number of hydrogen-bond acceptors (Lipinski definition) is 7. The number of nitrogens with zero attached hydrogens (tertiary/aromatic N) is 4. The fourth-order valence-electron chi connectivity index (χ4n) is 3.96. The first-order chi connectivity index (χ1) is 17.9. The van der Waals surface area contributed by atoms with Gasteiger partial charge in [0.1, 0.15) is 5.75 Å². The van der Waals surface area contributed by atoms with Gasteiger partial charge in [-0.1, -0.05) is 31.3 Å². The van der Waals surface area contributed by atoms with Gasteiger partial charge in [0.25, 0.3) is 5.91 Å². The van der Waals surface area contributed by atoms with Crippen LogP contribution in [0.1, 0.15) is 42.6 Å². The number of aromatic nitrogens is 2. The Morgan fingerprint density at radius 1 is 1.03 bits per heavy atom. The lowest BCUT2D eigenvalue weighted by atomic mass is 10.2. The predicted molar refractivity (Wildman–Crippen MR) is 147 cm³/mol. The number of carbonyl (C=O) groups is 1. The molecule has 10 heteroatoms. The number of anilines is 1. The van der Waals surface area contributed by atoms with Crippen LogP contribution < -0.4 is 9.64 Å². The van der Waals surface area contributed by atoms with Crippen molar-refractivity contribution >= 4 is 42.6 Å². The average molecular weight is 539 g/mol. The number of pyridine rings is 1. The first-order valence-corrected chi connectivity index (χ1v) is 14.4. The van der Waals surface area contributed by atoms with E-state index in [2.05, 4.69) is 4.98 Å². The number of rotatable bonds is 11. The number of carbonyl (C=O) groups excluding carboxylic acids is 1. The van der Waals surface area contributed by atoms with Gasteiger partial charge in [-0.25, -0.2) is 13.4 Å². The molecule has 0 fully saturated rings. The van der Waals surface area contributed by atoms with Crippen LogP contribution in [0, 0.1) is 0 Å². The maximum Gasteiger partial charge on any atom is 0.260 e. The fraction of sp³-hybridized carbons (Fsp3) is 0.296. The Balaban J connectivity index is 1.68. The van der Waals surface area contributed by atoms with Crippen LogP contribution >= 0.6 is 11.3 Å². The lowest BCUT2D eigenvalue weighted by Crippen LogP contribution is -2.33. The molecule has 2 aromatic carbocycles. The van der Waals surface area contributed by atoms with E-state index < -0.39 is 10.0 Å². The van der Waals surface area contributed by atoms with Gasteiger partial charge in [-0.2, -0.15) is 4.31 Å². The minimum absolute atomic E-state index is 0.178. The highest BCUT2D eigenvalue weighted by Crippen LogP contribution is 2.33. The molecule has 0 spiro atoms. The van der Waals surface area contributed by atoms with E-state index in [0.29, 0.717) is 29.5 Å². The first kappa shape index (κ1) is 26.7. The van der Waals surface area contributed by atoms with E-state index in [4.69, 9.17) is 9.72 Å². The number of sulfonamides is 1. The molecule has 0 radical (unpaired) electrons. The summed E-state index contributed by atoms with van der Waals surface area (Å²) in [5.74, 6) is 0.433. The molecular formula is C27H30N4O4S2. The zero-order chi connectivity index (χ0) is 26.4. The number of thiazole rings is 1. The summed E-state index contributed by atoms with van der Waals surface area (Å²) in [4.78, 5) is 24.4. The van der Waals surface area contributed by atoms with Gasteiger partial charge in [0.05, 0.1) is 28.8 Å². The lowest BCUT2D eigenvalue weighted by Gasteiger charge is -2.22. The monoisotopic (exact) mass is 538 g/mol. The van der Waals surface area contributed by atoms with E-state index >= 15 is 0 Å². The molecule has 0 aliphatic rings. The highest BCUT2D eigenvalue weighted by molar-refractivity contribution is 7.89. The molecule has 4 rings (SSSR count). The summed E-state index contributed by atoms with van der Waals surface area (Å²) in [6.07, 6.45) is 4.85. The molecule has 1 amide bonds. The third-order valence-electron chi connectivity index (χ3n) is 5.81. The standard InChI is InChI=1S/C27H30N4O4S2/c1-4-15-30(16-5-2)37(33,34)23-11-8-21(9-12-23)26(32)31(19-20-7-6-14-28-18-20)27-29-24-13-10-22(35-3)17-25(24)36-27/h6-14,17-18H,4-5,15-16,19H2,1-3H3. The number of benzene rings is 2. The fourth-order valence-corrected chi connectivity index (χ4v) is 6.58. The molecule has 0 saturated heterocycles. The molecule has 0 atom stereocenters. The van der Waals surface area contributed by atoms with Crippen LogP contribution in [0.25, 0.3) is 10.2 Å². The largest absolute Gasteiger partial charge is 0.497 e. The molecule has 0 aliphatic heterocycles. The van der Waals surface area contributed by atoms with Gasteiger partial charge in [-0.15, -0.1) is 0 Å². The van der Waals surface area contributed by atoms with Crippen molar-refractivity contribution in [3.05, 3.63) is 78.1 Å². The van der Waals surface area contributed by atoms with Gasteiger partial charge >= 0.3 is 0 Å². The molecule has 0 unspecified atom stereocenters. The van der Waals surface area contributed by atoms with E-state index in [-0.39, 0.29) is 17.3 Å². The Bertz CT molecular complexity index is 1450. The molecule has 0 saturated carbocycles. The summed E-state index contributed by atoms with van der Waals surface area (Å²) in [6, 6.07) is 15.4. The Kier molecular flexibility index (Phi) is 8.52. The second kappa shape index (κ2) is 11.8. The highest BCUT2D eigenvalue weighted by atomic mass is 32.2. The number of amides is 1. The van der Waals surface area contributed by atoms with Crippen molar-refractivity contribution in [2.45, 2.75) is 38.1 Å². The van der Waals surface area contributed by atoms with Crippen molar-refractivity contribution in [1.29, 1.82) is 0 Å². The molecule has 2 aromatic heterocycles. The molecule has 0 N–H and O–H groups in total. The summed E-state index contributed by atoms with van der Waals surface area (Å²) in [7, 11) is -2.03. The third kappa shape index (κ3) is 5.98.